The molecule has 1 aliphatic rings. The van der Waals surface area contributed by atoms with E-state index in [2.05, 4.69) is 10.6 Å². The Morgan fingerprint density at radius 2 is 1.70 bits per heavy atom. The summed E-state index contributed by atoms with van der Waals surface area (Å²) in [4.78, 5) is 52.8. The Hall–Kier alpha value is -3.61. The van der Waals surface area contributed by atoms with Gasteiger partial charge in [-0.1, -0.05) is 48.6 Å². The van der Waals surface area contributed by atoms with E-state index in [1.165, 1.54) is 0 Å². The van der Waals surface area contributed by atoms with Crippen LogP contribution in [-0.4, -0.2) is 52.9 Å². The third kappa shape index (κ3) is 9.41. The summed E-state index contributed by atoms with van der Waals surface area (Å²) in [6, 6.07) is 4.87. The molecular weight excluding hydrogens is 474 g/mol. The molecule has 4 N–H and O–H groups in total. The van der Waals surface area contributed by atoms with Crippen LogP contribution in [0.1, 0.15) is 82.0 Å². The SMILES string of the molecule is Cc1cc(C)cc(C(C(=O)NC2CCCCC2)N(CC#N)C(=O)C(CC(N)=O)NC(=O)OC(C)(C)C)c1. The predicted octanol–water partition coefficient (Wildman–Crippen LogP) is 2.91. The fourth-order valence-electron chi connectivity index (χ4n) is 4.59. The van der Waals surface area contributed by atoms with Gasteiger partial charge >= 0.3 is 6.09 Å². The third-order valence-corrected chi connectivity index (χ3v) is 5.99. The van der Waals surface area contributed by atoms with Crippen LogP contribution in [0.2, 0.25) is 0 Å². The summed E-state index contributed by atoms with van der Waals surface area (Å²) in [6.07, 6.45) is 3.34. The van der Waals surface area contributed by atoms with Crippen LogP contribution in [0.25, 0.3) is 0 Å². The number of amides is 4. The number of nitrogens with one attached hydrogen (secondary N) is 2. The van der Waals surface area contributed by atoms with Crippen molar-refractivity contribution in [1.82, 2.24) is 15.5 Å². The summed E-state index contributed by atoms with van der Waals surface area (Å²) in [7, 11) is 0. The molecule has 1 aliphatic carbocycles. The van der Waals surface area contributed by atoms with Crippen molar-refractivity contribution in [2.45, 2.75) is 96.9 Å². The van der Waals surface area contributed by atoms with Gasteiger partial charge in [0.05, 0.1) is 12.5 Å². The van der Waals surface area contributed by atoms with Crippen LogP contribution in [0.3, 0.4) is 0 Å². The quantitative estimate of drug-likeness (QED) is 0.431. The lowest BCUT2D eigenvalue weighted by Crippen LogP contribution is -2.54. The van der Waals surface area contributed by atoms with Crippen molar-refractivity contribution in [2.75, 3.05) is 6.54 Å². The number of benzene rings is 1. The van der Waals surface area contributed by atoms with Gasteiger partial charge in [0.2, 0.25) is 17.7 Å². The number of hydrogen-bond acceptors (Lipinski definition) is 6. The molecule has 0 heterocycles. The van der Waals surface area contributed by atoms with Gasteiger partial charge in [-0.3, -0.25) is 14.4 Å². The highest BCUT2D eigenvalue weighted by molar-refractivity contribution is 5.94. The van der Waals surface area contributed by atoms with E-state index < -0.39 is 54.5 Å². The minimum absolute atomic E-state index is 0.0324. The van der Waals surface area contributed by atoms with Crippen molar-refractivity contribution in [3.8, 4) is 6.07 Å². The zero-order valence-electron chi connectivity index (χ0n) is 22.4. The molecule has 0 bridgehead atoms. The molecule has 1 aromatic rings. The second-order valence-electron chi connectivity index (χ2n) is 10.7. The van der Waals surface area contributed by atoms with Crippen molar-refractivity contribution in [1.29, 1.82) is 5.26 Å². The van der Waals surface area contributed by atoms with E-state index in [1.807, 2.05) is 26.0 Å². The molecule has 1 aromatic carbocycles. The van der Waals surface area contributed by atoms with Gasteiger partial charge in [0.1, 0.15) is 24.2 Å². The van der Waals surface area contributed by atoms with Crippen LogP contribution < -0.4 is 16.4 Å². The summed E-state index contributed by atoms with van der Waals surface area (Å²) in [5.41, 5.74) is 6.82. The Morgan fingerprint density at radius 3 is 2.22 bits per heavy atom. The van der Waals surface area contributed by atoms with Crippen LogP contribution in [0, 0.1) is 25.2 Å². The van der Waals surface area contributed by atoms with Gasteiger partial charge < -0.3 is 26.0 Å². The minimum Gasteiger partial charge on any atom is -0.444 e. The van der Waals surface area contributed by atoms with Crippen molar-refractivity contribution in [2.24, 2.45) is 5.73 Å². The highest BCUT2D eigenvalue weighted by Crippen LogP contribution is 2.26. The summed E-state index contributed by atoms with van der Waals surface area (Å²) in [5, 5.41) is 15.1. The van der Waals surface area contributed by atoms with E-state index in [9.17, 15) is 24.4 Å². The normalized spacial score (nSPS) is 15.6. The van der Waals surface area contributed by atoms with Gasteiger partial charge in [-0.05, 0) is 53.0 Å². The van der Waals surface area contributed by atoms with Crippen LogP contribution in [0.15, 0.2) is 18.2 Å². The molecule has 0 aliphatic heterocycles. The van der Waals surface area contributed by atoms with Gasteiger partial charge in [-0.15, -0.1) is 0 Å². The molecule has 0 saturated heterocycles. The molecule has 0 spiro atoms. The number of nitrogens with two attached hydrogens (primary N) is 1. The number of nitrogens with zero attached hydrogens (tertiary/aromatic N) is 2. The second kappa shape index (κ2) is 13.1. The maximum atomic E-state index is 13.8. The summed E-state index contributed by atoms with van der Waals surface area (Å²) in [5.74, 6) is -2.04. The highest BCUT2D eigenvalue weighted by atomic mass is 16.6. The van der Waals surface area contributed by atoms with E-state index in [0.717, 1.165) is 48.1 Å². The number of rotatable bonds is 9. The topological polar surface area (TPSA) is 155 Å². The van der Waals surface area contributed by atoms with E-state index in [4.69, 9.17) is 10.5 Å². The number of carbonyl (C=O) groups is 4. The number of aryl methyl sites for hydroxylation is 2. The van der Waals surface area contributed by atoms with Crippen LogP contribution in [0.4, 0.5) is 4.79 Å². The molecule has 2 unspecified atom stereocenters. The van der Waals surface area contributed by atoms with E-state index in [-0.39, 0.29) is 6.04 Å². The number of primary amides is 1. The molecule has 0 aromatic heterocycles. The van der Waals surface area contributed by atoms with Gasteiger partial charge in [0.15, 0.2) is 0 Å². The first-order chi connectivity index (χ1) is 17.3. The zero-order chi connectivity index (χ0) is 27.8. The van der Waals surface area contributed by atoms with Crippen molar-refractivity contribution in [3.05, 3.63) is 34.9 Å². The maximum Gasteiger partial charge on any atom is 0.408 e. The number of carbonyl (C=O) groups excluding carboxylic acids is 4. The Balaban J connectivity index is 2.48. The van der Waals surface area contributed by atoms with Gasteiger partial charge in [0, 0.05) is 6.04 Å². The van der Waals surface area contributed by atoms with E-state index in [1.54, 1.807) is 32.9 Å². The van der Waals surface area contributed by atoms with Crippen LogP contribution >= 0.6 is 0 Å². The average Bonchev–Trinajstić information content (AvgIpc) is 2.76. The van der Waals surface area contributed by atoms with Crippen LogP contribution in [0.5, 0.6) is 0 Å². The largest absolute Gasteiger partial charge is 0.444 e. The fraction of sp³-hybridized carbons (Fsp3) is 0.593. The Morgan fingerprint density at radius 1 is 1.11 bits per heavy atom. The minimum atomic E-state index is -1.42. The first-order valence-electron chi connectivity index (χ1n) is 12.6. The molecule has 2 rings (SSSR count). The van der Waals surface area contributed by atoms with Crippen LogP contribution in [-0.2, 0) is 19.1 Å². The summed E-state index contributed by atoms with van der Waals surface area (Å²) < 4.78 is 5.25. The molecule has 0 radical (unpaired) electrons. The number of alkyl carbamates (subject to hydrolysis) is 1. The molecule has 1 fully saturated rings. The molecule has 2 atom stereocenters. The summed E-state index contributed by atoms with van der Waals surface area (Å²) in [6.45, 7) is 8.29. The zero-order valence-corrected chi connectivity index (χ0v) is 22.4. The van der Waals surface area contributed by atoms with Crippen molar-refractivity contribution < 1.29 is 23.9 Å². The standard InChI is InChI=1S/C27H39N5O5/c1-17-13-18(2)15-19(14-17)23(24(34)30-20-9-7-6-8-10-20)32(12-11-28)25(35)21(16-22(29)33)31-26(36)37-27(3,4)5/h13-15,20-21,23H,6-10,12,16H2,1-5H3,(H2,29,33)(H,30,34)(H,31,36). The monoisotopic (exact) mass is 513 g/mol. The Bertz CT molecular complexity index is 1020. The maximum absolute atomic E-state index is 13.8. The smallest absolute Gasteiger partial charge is 0.408 e. The van der Waals surface area contributed by atoms with E-state index in [0.29, 0.717) is 5.56 Å². The lowest BCUT2D eigenvalue weighted by Gasteiger charge is -2.34. The Labute approximate surface area is 218 Å². The first kappa shape index (κ1) is 29.6. The fourth-order valence-corrected chi connectivity index (χ4v) is 4.59. The molecular formula is C27H39N5O5. The molecule has 10 heteroatoms. The molecule has 10 nitrogen and oxygen atoms in total. The second-order valence-corrected chi connectivity index (χ2v) is 10.7. The molecule has 4 amide bonds. The lowest BCUT2D eigenvalue weighted by molar-refractivity contribution is -0.143. The lowest BCUT2D eigenvalue weighted by atomic mass is 9.94. The molecule has 37 heavy (non-hydrogen) atoms. The Kier molecular flexibility index (Phi) is 10.5. The van der Waals surface area contributed by atoms with Crippen molar-refractivity contribution in [3.63, 3.8) is 0 Å². The van der Waals surface area contributed by atoms with E-state index >= 15 is 0 Å². The van der Waals surface area contributed by atoms with Gasteiger partial charge in [-0.25, -0.2) is 4.79 Å². The van der Waals surface area contributed by atoms with Gasteiger partial charge in [-0.2, -0.15) is 5.26 Å². The number of ether oxygens (including phenoxy) is 1. The number of hydrogen-bond donors (Lipinski definition) is 3. The number of nitriles is 1. The average molecular weight is 514 g/mol. The highest BCUT2D eigenvalue weighted by Gasteiger charge is 2.37. The molecule has 1 saturated carbocycles. The van der Waals surface area contributed by atoms with Crippen molar-refractivity contribution >= 4 is 23.8 Å². The molecule has 202 valence electrons. The predicted molar refractivity (Wildman–Crippen MR) is 138 cm³/mol. The third-order valence-electron chi connectivity index (χ3n) is 5.99. The first-order valence-corrected chi connectivity index (χ1v) is 12.6. The van der Waals surface area contributed by atoms with Gasteiger partial charge in [0.25, 0.3) is 0 Å². The summed E-state index contributed by atoms with van der Waals surface area (Å²) >= 11 is 0.